The number of halogens is 1. The topological polar surface area (TPSA) is 36.4 Å². The zero-order valence-corrected chi connectivity index (χ0v) is 11.6. The van der Waals surface area contributed by atoms with Crippen LogP contribution in [-0.2, 0) is 13.1 Å². The van der Waals surface area contributed by atoms with Gasteiger partial charge in [0, 0.05) is 25.5 Å². The number of phenolic OH excluding ortho intramolecular Hbond substituents is 1. The van der Waals surface area contributed by atoms with Crippen LogP contribution >= 0.6 is 11.6 Å². The van der Waals surface area contributed by atoms with Crippen molar-refractivity contribution in [2.75, 3.05) is 6.54 Å². The van der Waals surface area contributed by atoms with Gasteiger partial charge in [0.15, 0.2) is 0 Å². The molecule has 0 saturated carbocycles. The highest BCUT2D eigenvalue weighted by Gasteiger charge is 2.06. The Hall–Kier alpha value is -1.58. The van der Waals surface area contributed by atoms with Crippen LogP contribution in [0.15, 0.2) is 42.7 Å². The summed E-state index contributed by atoms with van der Waals surface area (Å²) in [6.07, 6.45) is 3.61. The molecule has 1 N–H and O–H groups in total. The van der Waals surface area contributed by atoms with Gasteiger partial charge < -0.3 is 5.11 Å². The minimum absolute atomic E-state index is 0.127. The monoisotopic (exact) mass is 276 g/mol. The molecule has 0 spiro atoms. The number of hydrogen-bond acceptors (Lipinski definition) is 3. The van der Waals surface area contributed by atoms with Crippen molar-refractivity contribution in [3.8, 4) is 5.75 Å². The Labute approximate surface area is 118 Å². The lowest BCUT2D eigenvalue weighted by Gasteiger charge is -2.20. The van der Waals surface area contributed by atoms with E-state index in [1.54, 1.807) is 18.5 Å². The number of nitrogens with zero attached hydrogens (tertiary/aromatic N) is 2. The maximum atomic E-state index is 9.42. The highest BCUT2D eigenvalue weighted by Crippen LogP contribution is 2.24. The molecule has 2 rings (SSSR count). The molecule has 0 saturated heterocycles. The van der Waals surface area contributed by atoms with Gasteiger partial charge in [0.1, 0.15) is 5.75 Å². The summed E-state index contributed by atoms with van der Waals surface area (Å²) in [5.74, 6) is 0.127. The van der Waals surface area contributed by atoms with E-state index < -0.39 is 0 Å². The van der Waals surface area contributed by atoms with Gasteiger partial charge in [-0.05, 0) is 41.9 Å². The second kappa shape index (κ2) is 6.55. The number of hydrogen-bond donors (Lipinski definition) is 1. The molecule has 3 nitrogen and oxygen atoms in total. The maximum absolute atomic E-state index is 9.42. The summed E-state index contributed by atoms with van der Waals surface area (Å²) in [6.45, 7) is 4.75. The van der Waals surface area contributed by atoms with Crippen LogP contribution in [0.1, 0.15) is 18.1 Å². The predicted octanol–water partition coefficient (Wildman–Crippen LogP) is 3.46. The summed E-state index contributed by atoms with van der Waals surface area (Å²) in [4.78, 5) is 6.32. The van der Waals surface area contributed by atoms with Crippen molar-refractivity contribution >= 4 is 11.6 Å². The van der Waals surface area contributed by atoms with Crippen LogP contribution in [0.25, 0.3) is 0 Å². The first-order valence-electron chi connectivity index (χ1n) is 6.27. The molecule has 4 heteroatoms. The van der Waals surface area contributed by atoms with Crippen molar-refractivity contribution in [1.82, 2.24) is 9.88 Å². The van der Waals surface area contributed by atoms with Gasteiger partial charge in [-0.3, -0.25) is 9.88 Å². The van der Waals surface area contributed by atoms with Crippen LogP contribution < -0.4 is 0 Å². The molecule has 1 aromatic carbocycles. The Morgan fingerprint density at radius 1 is 1.11 bits per heavy atom. The van der Waals surface area contributed by atoms with Crippen LogP contribution in [0.2, 0.25) is 5.02 Å². The van der Waals surface area contributed by atoms with Gasteiger partial charge in [0.25, 0.3) is 0 Å². The second-order valence-electron chi connectivity index (χ2n) is 4.44. The van der Waals surface area contributed by atoms with E-state index in [1.165, 1.54) is 5.56 Å². The Kier molecular flexibility index (Phi) is 4.77. The molecule has 0 amide bonds. The quantitative estimate of drug-likeness (QED) is 0.908. The Balaban J connectivity index is 2.04. The van der Waals surface area contributed by atoms with Crippen molar-refractivity contribution in [3.05, 3.63) is 58.9 Å². The minimum Gasteiger partial charge on any atom is -0.506 e. The van der Waals surface area contributed by atoms with E-state index in [9.17, 15) is 5.11 Å². The predicted molar refractivity (Wildman–Crippen MR) is 77.1 cm³/mol. The van der Waals surface area contributed by atoms with E-state index in [4.69, 9.17) is 11.6 Å². The number of aromatic hydroxyl groups is 1. The number of rotatable bonds is 5. The van der Waals surface area contributed by atoms with Crippen LogP contribution in [-0.4, -0.2) is 21.5 Å². The van der Waals surface area contributed by atoms with Crippen LogP contribution in [0.4, 0.5) is 0 Å². The third-order valence-electron chi connectivity index (χ3n) is 3.02. The summed E-state index contributed by atoms with van der Waals surface area (Å²) in [5.41, 5.74) is 2.33. The first-order chi connectivity index (χ1) is 9.19. The lowest BCUT2D eigenvalue weighted by Crippen LogP contribution is -2.22. The van der Waals surface area contributed by atoms with E-state index in [2.05, 4.69) is 16.8 Å². The Morgan fingerprint density at radius 3 is 2.42 bits per heavy atom. The molecule has 0 aliphatic heterocycles. The molecule has 0 atom stereocenters. The summed E-state index contributed by atoms with van der Waals surface area (Å²) < 4.78 is 0. The highest BCUT2D eigenvalue weighted by atomic mass is 35.5. The van der Waals surface area contributed by atoms with Crippen LogP contribution in [0.5, 0.6) is 5.75 Å². The van der Waals surface area contributed by atoms with Crippen molar-refractivity contribution in [1.29, 1.82) is 0 Å². The van der Waals surface area contributed by atoms with Gasteiger partial charge in [-0.25, -0.2) is 0 Å². The molecule has 2 aromatic rings. The first kappa shape index (κ1) is 13.8. The molecule has 100 valence electrons. The molecule has 1 aromatic heterocycles. The minimum atomic E-state index is 0.127. The van der Waals surface area contributed by atoms with Gasteiger partial charge in [-0.15, -0.1) is 0 Å². The molecular formula is C15H17ClN2O. The fourth-order valence-corrected chi connectivity index (χ4v) is 2.14. The molecule has 1 heterocycles. The smallest absolute Gasteiger partial charge is 0.134 e. The largest absolute Gasteiger partial charge is 0.506 e. The zero-order chi connectivity index (χ0) is 13.7. The Bertz CT molecular complexity index is 531. The van der Waals surface area contributed by atoms with E-state index >= 15 is 0 Å². The van der Waals surface area contributed by atoms with Crippen molar-refractivity contribution < 1.29 is 5.11 Å². The van der Waals surface area contributed by atoms with E-state index in [0.717, 1.165) is 25.2 Å². The first-order valence-corrected chi connectivity index (χ1v) is 6.65. The molecular weight excluding hydrogens is 260 g/mol. The average Bonchev–Trinajstić information content (AvgIpc) is 2.43. The number of phenols is 1. The highest BCUT2D eigenvalue weighted by molar-refractivity contribution is 6.32. The van der Waals surface area contributed by atoms with Crippen LogP contribution in [0.3, 0.4) is 0 Å². The normalized spacial score (nSPS) is 10.9. The van der Waals surface area contributed by atoms with E-state index in [-0.39, 0.29) is 5.75 Å². The van der Waals surface area contributed by atoms with Crippen molar-refractivity contribution in [2.45, 2.75) is 20.0 Å². The zero-order valence-electron chi connectivity index (χ0n) is 10.9. The summed E-state index contributed by atoms with van der Waals surface area (Å²) >= 11 is 5.92. The van der Waals surface area contributed by atoms with Gasteiger partial charge in [-0.2, -0.15) is 0 Å². The lowest BCUT2D eigenvalue weighted by molar-refractivity contribution is 0.271. The average molecular weight is 277 g/mol. The Morgan fingerprint density at radius 2 is 1.79 bits per heavy atom. The number of pyridine rings is 1. The van der Waals surface area contributed by atoms with Crippen LogP contribution in [0, 0.1) is 0 Å². The molecule has 0 aliphatic carbocycles. The van der Waals surface area contributed by atoms with Gasteiger partial charge in [0.2, 0.25) is 0 Å². The number of aromatic nitrogens is 1. The summed E-state index contributed by atoms with van der Waals surface area (Å²) in [5, 5.41) is 9.82. The van der Waals surface area contributed by atoms with Crippen molar-refractivity contribution in [2.24, 2.45) is 0 Å². The van der Waals surface area contributed by atoms with Gasteiger partial charge in [0.05, 0.1) is 5.02 Å². The molecule has 0 aliphatic rings. The van der Waals surface area contributed by atoms with E-state index in [1.807, 2.05) is 24.3 Å². The SMILES string of the molecule is CCN(Cc1ccncc1)Cc1ccc(O)c(Cl)c1. The van der Waals surface area contributed by atoms with Gasteiger partial charge in [-0.1, -0.05) is 24.6 Å². The molecule has 19 heavy (non-hydrogen) atoms. The molecule has 0 fully saturated rings. The fourth-order valence-electron chi connectivity index (χ4n) is 1.93. The van der Waals surface area contributed by atoms with E-state index in [0.29, 0.717) is 5.02 Å². The standard InChI is InChI=1S/C15H17ClN2O/c1-2-18(10-12-5-7-17-8-6-12)11-13-3-4-15(19)14(16)9-13/h3-9,19H,2,10-11H2,1H3. The molecule has 0 unspecified atom stereocenters. The fraction of sp³-hybridized carbons (Fsp3) is 0.267. The van der Waals surface area contributed by atoms with Crippen molar-refractivity contribution in [3.63, 3.8) is 0 Å². The third kappa shape index (κ3) is 3.94. The maximum Gasteiger partial charge on any atom is 0.134 e. The molecule has 0 radical (unpaired) electrons. The lowest BCUT2D eigenvalue weighted by atomic mass is 10.2. The van der Waals surface area contributed by atoms with Gasteiger partial charge >= 0.3 is 0 Å². The molecule has 0 bridgehead atoms. The third-order valence-corrected chi connectivity index (χ3v) is 3.32. The summed E-state index contributed by atoms with van der Waals surface area (Å²) in [6, 6.07) is 9.39. The number of benzene rings is 1. The second-order valence-corrected chi connectivity index (χ2v) is 4.85. The summed E-state index contributed by atoms with van der Waals surface area (Å²) in [7, 11) is 0.